The van der Waals surface area contributed by atoms with Gasteiger partial charge in [0.15, 0.2) is 0 Å². The number of rotatable bonds is 8. The van der Waals surface area contributed by atoms with Crippen molar-refractivity contribution in [3.05, 3.63) is 63.3 Å². The van der Waals surface area contributed by atoms with Crippen molar-refractivity contribution in [3.63, 3.8) is 0 Å². The molecule has 3 rings (SSSR count). The van der Waals surface area contributed by atoms with Crippen molar-refractivity contribution in [2.24, 2.45) is 0 Å². The zero-order chi connectivity index (χ0) is 18.4. The maximum Gasteiger partial charge on any atom is 0.293 e. The van der Waals surface area contributed by atoms with E-state index in [0.717, 1.165) is 25.2 Å². The van der Waals surface area contributed by atoms with E-state index in [1.54, 1.807) is 6.20 Å². The molecule has 0 fully saturated rings. The number of nitrogens with zero attached hydrogens (tertiary/aromatic N) is 3. The second-order valence-electron chi connectivity index (χ2n) is 5.65. The Morgan fingerprint density at radius 3 is 2.65 bits per heavy atom. The molecule has 0 saturated heterocycles. The highest BCUT2D eigenvalue weighted by Crippen LogP contribution is 2.27. The highest BCUT2D eigenvalue weighted by Gasteiger charge is 2.16. The van der Waals surface area contributed by atoms with E-state index in [0.29, 0.717) is 17.7 Å². The highest BCUT2D eigenvalue weighted by molar-refractivity contribution is 5.86. The Morgan fingerprint density at radius 2 is 1.92 bits per heavy atom. The van der Waals surface area contributed by atoms with E-state index in [9.17, 15) is 14.9 Å². The van der Waals surface area contributed by atoms with E-state index in [1.165, 1.54) is 18.5 Å². The predicted octanol–water partition coefficient (Wildman–Crippen LogP) is 2.53. The van der Waals surface area contributed by atoms with Crippen molar-refractivity contribution in [2.45, 2.75) is 12.8 Å². The maximum atomic E-state index is 11.8. The van der Waals surface area contributed by atoms with Crippen LogP contribution < -0.4 is 16.2 Å². The number of fused-ring (bicyclic) bond motifs is 1. The first-order chi connectivity index (χ1) is 12.6. The summed E-state index contributed by atoms with van der Waals surface area (Å²) in [5.41, 5.74) is 0.241. The monoisotopic (exact) mass is 354 g/mol. The van der Waals surface area contributed by atoms with Crippen LogP contribution in [0.4, 0.5) is 17.2 Å². The Kier molecular flexibility index (Phi) is 5.37. The fourth-order valence-electron chi connectivity index (χ4n) is 2.55. The minimum Gasteiger partial charge on any atom is -0.379 e. The van der Waals surface area contributed by atoms with Gasteiger partial charge in [0.1, 0.15) is 11.5 Å². The molecule has 9 heteroatoms. The van der Waals surface area contributed by atoms with Gasteiger partial charge in [0.05, 0.1) is 22.2 Å². The molecule has 0 aliphatic carbocycles. The van der Waals surface area contributed by atoms with E-state index >= 15 is 0 Å². The van der Waals surface area contributed by atoms with Crippen molar-refractivity contribution in [2.75, 3.05) is 23.7 Å². The summed E-state index contributed by atoms with van der Waals surface area (Å²) in [6, 6.07) is 8.45. The van der Waals surface area contributed by atoms with Gasteiger partial charge in [-0.15, -0.1) is 0 Å². The Labute approximate surface area is 148 Å². The van der Waals surface area contributed by atoms with Crippen molar-refractivity contribution >= 4 is 28.1 Å². The number of aromatic amines is 1. The van der Waals surface area contributed by atoms with Crippen LogP contribution in [0.5, 0.6) is 0 Å². The fraction of sp³-hybridized carbons (Fsp3) is 0.235. The summed E-state index contributed by atoms with van der Waals surface area (Å²) in [7, 11) is 0. The summed E-state index contributed by atoms with van der Waals surface area (Å²) >= 11 is 0. The number of benzene rings is 1. The number of hydrogen-bond donors (Lipinski definition) is 3. The van der Waals surface area contributed by atoms with Crippen LogP contribution in [0.25, 0.3) is 10.9 Å². The summed E-state index contributed by atoms with van der Waals surface area (Å²) < 4.78 is 0. The Balaban J connectivity index is 1.59. The highest BCUT2D eigenvalue weighted by atomic mass is 16.6. The third kappa shape index (κ3) is 4.12. The summed E-state index contributed by atoms with van der Waals surface area (Å²) in [5.74, 6) is 0.821. The lowest BCUT2D eigenvalue weighted by Gasteiger charge is -2.09. The smallest absolute Gasteiger partial charge is 0.293 e. The molecule has 9 nitrogen and oxygen atoms in total. The summed E-state index contributed by atoms with van der Waals surface area (Å²) in [4.78, 5) is 33.2. The molecule has 0 radical (unpaired) electrons. The largest absolute Gasteiger partial charge is 0.379 e. The third-order valence-electron chi connectivity index (χ3n) is 3.84. The van der Waals surface area contributed by atoms with Gasteiger partial charge in [-0.3, -0.25) is 14.9 Å². The summed E-state index contributed by atoms with van der Waals surface area (Å²) in [5, 5.41) is 17.8. The maximum absolute atomic E-state index is 11.8. The first kappa shape index (κ1) is 17.3. The van der Waals surface area contributed by atoms with Crippen molar-refractivity contribution in [3.8, 4) is 0 Å². The second-order valence-corrected chi connectivity index (χ2v) is 5.65. The average Bonchev–Trinajstić information content (AvgIpc) is 2.65. The number of nitrogens with one attached hydrogen (secondary N) is 3. The molecule has 0 saturated carbocycles. The molecule has 0 spiro atoms. The minimum atomic E-state index is -0.503. The van der Waals surface area contributed by atoms with E-state index in [-0.39, 0.29) is 11.1 Å². The molecule has 2 aromatic heterocycles. The molecular formula is C17H18N6O3. The van der Waals surface area contributed by atoms with Gasteiger partial charge < -0.3 is 15.6 Å². The van der Waals surface area contributed by atoms with E-state index < -0.39 is 10.5 Å². The quantitative estimate of drug-likeness (QED) is 0.322. The molecule has 26 heavy (non-hydrogen) atoms. The van der Waals surface area contributed by atoms with Gasteiger partial charge >= 0.3 is 0 Å². The molecule has 134 valence electrons. The topological polar surface area (TPSA) is 126 Å². The molecule has 0 bridgehead atoms. The Morgan fingerprint density at radius 1 is 1.12 bits per heavy atom. The molecule has 2 heterocycles. The molecule has 1 aromatic carbocycles. The molecule has 0 unspecified atom stereocenters. The summed E-state index contributed by atoms with van der Waals surface area (Å²) in [6.07, 6.45) is 4.70. The number of pyridine rings is 1. The first-order valence-electron chi connectivity index (χ1n) is 8.20. The molecule has 0 amide bonds. The van der Waals surface area contributed by atoms with Crippen molar-refractivity contribution in [1.82, 2.24) is 15.0 Å². The summed E-state index contributed by atoms with van der Waals surface area (Å²) in [6.45, 7) is 1.33. The van der Waals surface area contributed by atoms with Gasteiger partial charge in [0.2, 0.25) is 0 Å². The lowest BCUT2D eigenvalue weighted by atomic mass is 10.2. The third-order valence-corrected chi connectivity index (χ3v) is 3.84. The number of H-pyrrole nitrogens is 1. The van der Waals surface area contributed by atoms with E-state index in [2.05, 4.69) is 25.6 Å². The zero-order valence-electron chi connectivity index (χ0n) is 13.9. The van der Waals surface area contributed by atoms with Crippen LogP contribution in [0.3, 0.4) is 0 Å². The lowest BCUT2D eigenvalue weighted by Crippen LogP contribution is -2.10. The van der Waals surface area contributed by atoms with Gasteiger partial charge in [-0.25, -0.2) is 9.97 Å². The van der Waals surface area contributed by atoms with Crippen LogP contribution in [-0.4, -0.2) is 33.0 Å². The van der Waals surface area contributed by atoms with Crippen LogP contribution in [0.15, 0.2) is 47.7 Å². The van der Waals surface area contributed by atoms with Gasteiger partial charge in [0, 0.05) is 25.4 Å². The van der Waals surface area contributed by atoms with E-state index in [1.807, 2.05) is 18.2 Å². The Hall–Kier alpha value is -3.49. The second kappa shape index (κ2) is 8.06. The number of unbranched alkanes of at least 4 members (excludes halogenated alkanes) is 1. The number of hydrogen-bond acceptors (Lipinski definition) is 7. The molecule has 3 aromatic rings. The zero-order valence-corrected chi connectivity index (χ0v) is 13.9. The van der Waals surface area contributed by atoms with Crippen LogP contribution in [0.2, 0.25) is 0 Å². The molecule has 0 aliphatic heterocycles. The van der Waals surface area contributed by atoms with Crippen molar-refractivity contribution in [1.29, 1.82) is 0 Å². The first-order valence-corrected chi connectivity index (χ1v) is 8.20. The van der Waals surface area contributed by atoms with Crippen LogP contribution in [0, 0.1) is 10.1 Å². The fourth-order valence-corrected chi connectivity index (χ4v) is 2.55. The molecule has 0 atom stereocenters. The number of nitro benzene ring substituents is 1. The van der Waals surface area contributed by atoms with Gasteiger partial charge in [-0.1, -0.05) is 6.07 Å². The minimum absolute atomic E-state index is 0.136. The Bertz CT molecular complexity index is 958. The normalized spacial score (nSPS) is 10.6. The van der Waals surface area contributed by atoms with Gasteiger partial charge in [0.25, 0.3) is 11.2 Å². The number of nitro groups is 1. The number of aromatic nitrogens is 3. The van der Waals surface area contributed by atoms with E-state index in [4.69, 9.17) is 0 Å². The van der Waals surface area contributed by atoms with Crippen LogP contribution in [0.1, 0.15) is 12.8 Å². The molecule has 3 N–H and O–H groups in total. The SMILES string of the molecule is O=c1[nH]cnc2cc(NCCCCNc3ccccn3)c([N+](=O)[O-])cc12. The van der Waals surface area contributed by atoms with Gasteiger partial charge in [-0.2, -0.15) is 0 Å². The molecule has 0 aliphatic rings. The van der Waals surface area contributed by atoms with Crippen LogP contribution in [-0.2, 0) is 0 Å². The lowest BCUT2D eigenvalue weighted by molar-refractivity contribution is -0.383. The van der Waals surface area contributed by atoms with Crippen molar-refractivity contribution < 1.29 is 4.92 Å². The predicted molar refractivity (Wildman–Crippen MR) is 99.5 cm³/mol. The van der Waals surface area contributed by atoms with Gasteiger partial charge in [-0.05, 0) is 31.0 Å². The average molecular weight is 354 g/mol. The number of anilines is 2. The molecular weight excluding hydrogens is 336 g/mol. The van der Waals surface area contributed by atoms with Crippen LogP contribution >= 0.6 is 0 Å². The standard InChI is InChI=1S/C17H18N6O3/c24-17-12-9-15(23(25)26)14(10-13(12)21-11-22-17)18-6-3-4-8-20-16-5-1-2-7-19-16/h1-2,5,7,9-11,18H,3-4,6,8H2,(H,19,20)(H,21,22,24).